The minimum atomic E-state index is -3.45. The van der Waals surface area contributed by atoms with Crippen LogP contribution in [0.15, 0.2) is 11.0 Å². The summed E-state index contributed by atoms with van der Waals surface area (Å²) in [6, 6.07) is 2.09. The van der Waals surface area contributed by atoms with Gasteiger partial charge in [0.15, 0.2) is 0 Å². The van der Waals surface area contributed by atoms with E-state index in [2.05, 4.69) is 19.9 Å². The number of hydrogen-bond acceptors (Lipinski definition) is 2. The standard InChI is InChI=1S/C22H39NO2S/c1-7-9-11-13-15-23(16-14-12-10-8-2)26(24,25)22-20(5)18(3)17-19(4)21(22)6/h17H,7-16H2,1-6H3. The highest BCUT2D eigenvalue weighted by atomic mass is 32.2. The Balaban J connectivity index is 3.12. The Morgan fingerprint density at radius 1 is 0.731 bits per heavy atom. The van der Waals surface area contributed by atoms with Crippen molar-refractivity contribution in [1.29, 1.82) is 0 Å². The summed E-state index contributed by atoms with van der Waals surface area (Å²) in [5, 5.41) is 0. The molecule has 1 aromatic carbocycles. The van der Waals surface area contributed by atoms with Crippen molar-refractivity contribution in [2.45, 2.75) is 97.8 Å². The summed E-state index contributed by atoms with van der Waals surface area (Å²) in [5.41, 5.74) is 3.92. The molecule has 1 rings (SSSR count). The van der Waals surface area contributed by atoms with Crippen LogP contribution in [0.2, 0.25) is 0 Å². The smallest absolute Gasteiger partial charge is 0.207 e. The number of sulfonamides is 1. The van der Waals surface area contributed by atoms with Crippen molar-refractivity contribution in [1.82, 2.24) is 4.31 Å². The monoisotopic (exact) mass is 381 g/mol. The van der Waals surface area contributed by atoms with Crippen LogP contribution in [0.25, 0.3) is 0 Å². The molecule has 0 amide bonds. The van der Waals surface area contributed by atoms with Crippen LogP contribution >= 0.6 is 0 Å². The van der Waals surface area contributed by atoms with Gasteiger partial charge in [0, 0.05) is 13.1 Å². The van der Waals surface area contributed by atoms with E-state index in [1.165, 1.54) is 25.7 Å². The van der Waals surface area contributed by atoms with Crippen molar-refractivity contribution in [3.8, 4) is 0 Å². The first-order valence-corrected chi connectivity index (χ1v) is 11.8. The molecule has 150 valence electrons. The minimum Gasteiger partial charge on any atom is -0.207 e. The van der Waals surface area contributed by atoms with E-state index >= 15 is 0 Å². The Bertz CT molecular complexity index is 627. The first-order valence-electron chi connectivity index (χ1n) is 10.3. The van der Waals surface area contributed by atoms with Crippen molar-refractivity contribution in [3.05, 3.63) is 28.3 Å². The zero-order chi connectivity index (χ0) is 19.7. The van der Waals surface area contributed by atoms with Crippen LogP contribution in [-0.2, 0) is 10.0 Å². The van der Waals surface area contributed by atoms with Gasteiger partial charge in [-0.3, -0.25) is 0 Å². The molecule has 0 bridgehead atoms. The predicted octanol–water partition coefficient (Wildman–Crippen LogP) is 6.07. The largest absolute Gasteiger partial charge is 0.243 e. The minimum absolute atomic E-state index is 0.543. The normalized spacial score (nSPS) is 12.1. The summed E-state index contributed by atoms with van der Waals surface area (Å²) in [5.74, 6) is 0. The van der Waals surface area contributed by atoms with Gasteiger partial charge in [-0.2, -0.15) is 4.31 Å². The van der Waals surface area contributed by atoms with Crippen LogP contribution in [0.4, 0.5) is 0 Å². The van der Waals surface area contributed by atoms with Crippen LogP contribution in [-0.4, -0.2) is 25.8 Å². The summed E-state index contributed by atoms with van der Waals surface area (Å²) in [7, 11) is -3.45. The van der Waals surface area contributed by atoms with Gasteiger partial charge in [-0.25, -0.2) is 8.42 Å². The summed E-state index contributed by atoms with van der Waals surface area (Å²) >= 11 is 0. The van der Waals surface area contributed by atoms with Gasteiger partial charge in [0.05, 0.1) is 4.90 Å². The molecule has 0 radical (unpaired) electrons. The van der Waals surface area contributed by atoms with E-state index in [-0.39, 0.29) is 0 Å². The number of unbranched alkanes of at least 4 members (excludes halogenated alkanes) is 6. The molecule has 4 heteroatoms. The Morgan fingerprint density at radius 3 is 1.54 bits per heavy atom. The van der Waals surface area contributed by atoms with Gasteiger partial charge in [0.1, 0.15) is 0 Å². The van der Waals surface area contributed by atoms with Crippen molar-refractivity contribution in [3.63, 3.8) is 0 Å². The van der Waals surface area contributed by atoms with Gasteiger partial charge in [-0.1, -0.05) is 58.4 Å². The van der Waals surface area contributed by atoms with Crippen molar-refractivity contribution in [2.24, 2.45) is 0 Å². The lowest BCUT2D eigenvalue weighted by molar-refractivity contribution is 0.385. The van der Waals surface area contributed by atoms with E-state index in [1.807, 2.05) is 27.7 Å². The molecule has 0 unspecified atom stereocenters. The second kappa shape index (κ2) is 11.1. The van der Waals surface area contributed by atoms with Crippen molar-refractivity contribution in [2.75, 3.05) is 13.1 Å². The van der Waals surface area contributed by atoms with Gasteiger partial charge in [0.2, 0.25) is 10.0 Å². The Kier molecular flexibility index (Phi) is 9.88. The Hall–Kier alpha value is -0.870. The highest BCUT2D eigenvalue weighted by Crippen LogP contribution is 2.29. The van der Waals surface area contributed by atoms with Crippen LogP contribution in [0, 0.1) is 27.7 Å². The molecule has 3 nitrogen and oxygen atoms in total. The quantitative estimate of drug-likeness (QED) is 0.412. The van der Waals surface area contributed by atoms with Crippen LogP contribution in [0.3, 0.4) is 0 Å². The highest BCUT2D eigenvalue weighted by molar-refractivity contribution is 7.89. The van der Waals surface area contributed by atoms with E-state index in [0.717, 1.165) is 47.9 Å². The zero-order valence-electron chi connectivity index (χ0n) is 17.8. The third kappa shape index (κ3) is 6.09. The van der Waals surface area contributed by atoms with Crippen LogP contribution < -0.4 is 0 Å². The number of nitrogens with zero attached hydrogens (tertiary/aromatic N) is 1. The van der Waals surface area contributed by atoms with Gasteiger partial charge in [-0.05, 0) is 62.8 Å². The molecular weight excluding hydrogens is 342 g/mol. The number of aryl methyl sites for hydroxylation is 2. The SMILES string of the molecule is CCCCCCN(CCCCCC)S(=O)(=O)c1c(C)c(C)cc(C)c1C. The maximum absolute atomic E-state index is 13.5. The second-order valence-corrected chi connectivity index (χ2v) is 9.49. The Labute approximate surface area is 162 Å². The molecule has 1 aromatic rings. The lowest BCUT2D eigenvalue weighted by atomic mass is 10.0. The average molecular weight is 382 g/mol. The van der Waals surface area contributed by atoms with Gasteiger partial charge >= 0.3 is 0 Å². The Morgan fingerprint density at radius 2 is 1.15 bits per heavy atom. The third-order valence-corrected chi connectivity index (χ3v) is 7.59. The fourth-order valence-corrected chi connectivity index (χ4v) is 5.57. The molecule has 0 heterocycles. The number of benzene rings is 1. The van der Waals surface area contributed by atoms with Gasteiger partial charge in [-0.15, -0.1) is 0 Å². The van der Waals surface area contributed by atoms with Crippen LogP contribution in [0.1, 0.15) is 87.5 Å². The molecule has 0 aliphatic carbocycles. The fourth-order valence-electron chi connectivity index (χ4n) is 3.48. The molecule has 26 heavy (non-hydrogen) atoms. The van der Waals surface area contributed by atoms with E-state index in [4.69, 9.17) is 0 Å². The third-order valence-electron chi connectivity index (χ3n) is 5.42. The summed E-state index contributed by atoms with van der Waals surface area (Å²) < 4.78 is 28.8. The molecule has 0 aliphatic heterocycles. The molecule has 0 N–H and O–H groups in total. The fraction of sp³-hybridized carbons (Fsp3) is 0.727. The van der Waals surface area contributed by atoms with Gasteiger partial charge < -0.3 is 0 Å². The maximum Gasteiger partial charge on any atom is 0.243 e. The summed E-state index contributed by atoms with van der Waals surface area (Å²) in [4.78, 5) is 0.543. The molecule has 0 saturated heterocycles. The number of hydrogen-bond donors (Lipinski definition) is 0. The lowest BCUT2D eigenvalue weighted by Gasteiger charge is -2.25. The topological polar surface area (TPSA) is 37.4 Å². The van der Waals surface area contributed by atoms with E-state index in [0.29, 0.717) is 18.0 Å². The highest BCUT2D eigenvalue weighted by Gasteiger charge is 2.28. The first kappa shape index (κ1) is 23.2. The van der Waals surface area contributed by atoms with E-state index in [1.54, 1.807) is 4.31 Å². The van der Waals surface area contributed by atoms with Gasteiger partial charge in [0.25, 0.3) is 0 Å². The molecule has 0 atom stereocenters. The number of rotatable bonds is 12. The molecule has 0 spiro atoms. The molecular formula is C22H39NO2S. The molecule has 0 fully saturated rings. The zero-order valence-corrected chi connectivity index (χ0v) is 18.6. The first-order chi connectivity index (χ1) is 12.3. The average Bonchev–Trinajstić information content (AvgIpc) is 2.58. The lowest BCUT2D eigenvalue weighted by Crippen LogP contribution is -2.34. The molecule has 0 aromatic heterocycles. The van der Waals surface area contributed by atoms with Crippen molar-refractivity contribution >= 4 is 10.0 Å². The maximum atomic E-state index is 13.5. The summed E-state index contributed by atoms with van der Waals surface area (Å²) in [6.07, 6.45) is 8.77. The molecule has 0 saturated carbocycles. The van der Waals surface area contributed by atoms with E-state index < -0.39 is 10.0 Å². The summed E-state index contributed by atoms with van der Waals surface area (Å²) in [6.45, 7) is 13.5. The second-order valence-electron chi connectivity index (χ2n) is 7.61. The molecule has 0 aliphatic rings. The van der Waals surface area contributed by atoms with Crippen LogP contribution in [0.5, 0.6) is 0 Å². The predicted molar refractivity (Wildman–Crippen MR) is 112 cm³/mol. The van der Waals surface area contributed by atoms with Crippen molar-refractivity contribution < 1.29 is 8.42 Å². The van der Waals surface area contributed by atoms with E-state index in [9.17, 15) is 8.42 Å².